The highest BCUT2D eigenvalue weighted by atomic mass is 32.1. The van der Waals surface area contributed by atoms with E-state index >= 15 is 0 Å². The Labute approximate surface area is 120 Å². The van der Waals surface area contributed by atoms with Crippen molar-refractivity contribution in [3.63, 3.8) is 0 Å². The number of nitro benzene ring substituents is 1. The number of para-hydroxylation sites is 1. The quantitative estimate of drug-likeness (QED) is 0.456. The maximum absolute atomic E-state index is 10.7. The number of thiocarbonyl (C=S) groups is 1. The van der Waals surface area contributed by atoms with Crippen molar-refractivity contribution in [3.05, 3.63) is 64.7 Å². The van der Waals surface area contributed by atoms with Crippen LogP contribution in [0.1, 0.15) is 0 Å². The minimum absolute atomic E-state index is 0.0127. The minimum Gasteiger partial charge on any atom is -0.331 e. The highest BCUT2D eigenvalue weighted by molar-refractivity contribution is 7.80. The molecule has 0 fully saturated rings. The lowest BCUT2D eigenvalue weighted by atomic mass is 10.3. The van der Waals surface area contributed by atoms with Crippen LogP contribution in [0.2, 0.25) is 0 Å². The van der Waals surface area contributed by atoms with Crippen molar-refractivity contribution in [2.75, 3.05) is 10.7 Å². The standard InChI is InChI=1S/C13H12N4O2S/c18-17(19)12-8-4-7-11(9-12)15-16-13(20)14-10-5-2-1-3-6-10/h1-9,15H,(H2,14,16,20). The molecule has 0 radical (unpaired) electrons. The largest absolute Gasteiger partial charge is 0.331 e. The number of nitrogens with one attached hydrogen (secondary N) is 3. The number of nitro groups is 1. The van der Waals surface area contributed by atoms with Gasteiger partial charge in [-0.05, 0) is 30.4 Å². The molecule has 0 amide bonds. The first-order chi connectivity index (χ1) is 9.65. The third kappa shape index (κ3) is 3.92. The van der Waals surface area contributed by atoms with Crippen molar-refractivity contribution in [2.45, 2.75) is 0 Å². The Hall–Kier alpha value is -2.67. The van der Waals surface area contributed by atoms with Gasteiger partial charge in [0.2, 0.25) is 0 Å². The zero-order chi connectivity index (χ0) is 14.4. The Morgan fingerprint density at radius 2 is 1.75 bits per heavy atom. The molecular formula is C13H12N4O2S. The number of rotatable bonds is 4. The van der Waals surface area contributed by atoms with Gasteiger partial charge >= 0.3 is 0 Å². The van der Waals surface area contributed by atoms with Gasteiger partial charge in [0.25, 0.3) is 5.69 Å². The van der Waals surface area contributed by atoms with Crippen LogP contribution < -0.4 is 16.2 Å². The van der Waals surface area contributed by atoms with Crippen molar-refractivity contribution < 1.29 is 4.92 Å². The van der Waals surface area contributed by atoms with Crippen molar-refractivity contribution in [1.82, 2.24) is 5.43 Å². The Morgan fingerprint density at radius 3 is 2.45 bits per heavy atom. The summed E-state index contributed by atoms with van der Waals surface area (Å²) in [5, 5.41) is 14.0. The predicted octanol–water partition coefficient (Wildman–Crippen LogP) is 2.91. The van der Waals surface area contributed by atoms with Crippen LogP contribution in [0, 0.1) is 10.1 Å². The predicted molar refractivity (Wildman–Crippen MR) is 82.5 cm³/mol. The number of nitrogens with zero attached hydrogens (tertiary/aromatic N) is 1. The molecule has 0 spiro atoms. The highest BCUT2D eigenvalue weighted by Crippen LogP contribution is 2.16. The van der Waals surface area contributed by atoms with E-state index in [1.165, 1.54) is 12.1 Å². The molecule has 0 aliphatic carbocycles. The van der Waals surface area contributed by atoms with E-state index in [0.29, 0.717) is 10.8 Å². The van der Waals surface area contributed by atoms with Crippen LogP contribution >= 0.6 is 12.2 Å². The van der Waals surface area contributed by atoms with Gasteiger partial charge in [0, 0.05) is 17.8 Å². The second-order valence-corrected chi connectivity index (χ2v) is 4.29. The van der Waals surface area contributed by atoms with Gasteiger partial charge in [-0.3, -0.25) is 21.0 Å². The second kappa shape index (κ2) is 6.48. The number of anilines is 2. The van der Waals surface area contributed by atoms with E-state index in [-0.39, 0.29) is 5.69 Å². The van der Waals surface area contributed by atoms with E-state index in [9.17, 15) is 10.1 Å². The van der Waals surface area contributed by atoms with Crippen LogP contribution in [-0.4, -0.2) is 10.0 Å². The normalized spacial score (nSPS) is 9.60. The van der Waals surface area contributed by atoms with Crippen LogP contribution in [0.15, 0.2) is 54.6 Å². The molecule has 6 nitrogen and oxygen atoms in total. The molecule has 0 bridgehead atoms. The van der Waals surface area contributed by atoms with Crippen LogP contribution in [0.3, 0.4) is 0 Å². The van der Waals surface area contributed by atoms with Crippen LogP contribution in [0.4, 0.5) is 17.1 Å². The molecule has 0 heterocycles. The summed E-state index contributed by atoms with van der Waals surface area (Å²) >= 11 is 5.10. The van der Waals surface area contributed by atoms with E-state index < -0.39 is 4.92 Å². The molecule has 0 saturated carbocycles. The van der Waals surface area contributed by atoms with Crippen molar-refractivity contribution in [2.24, 2.45) is 0 Å². The van der Waals surface area contributed by atoms with E-state index in [1.807, 2.05) is 30.3 Å². The van der Waals surface area contributed by atoms with Crippen LogP contribution in [0.5, 0.6) is 0 Å². The molecule has 2 aromatic rings. The molecular weight excluding hydrogens is 276 g/mol. The zero-order valence-corrected chi connectivity index (χ0v) is 11.2. The minimum atomic E-state index is -0.453. The topological polar surface area (TPSA) is 79.2 Å². The van der Waals surface area contributed by atoms with E-state index in [1.54, 1.807) is 12.1 Å². The van der Waals surface area contributed by atoms with Crippen molar-refractivity contribution >= 4 is 34.4 Å². The first-order valence-electron chi connectivity index (χ1n) is 5.77. The van der Waals surface area contributed by atoms with E-state index in [4.69, 9.17) is 12.2 Å². The molecule has 0 aliphatic rings. The van der Waals surface area contributed by atoms with Gasteiger partial charge in [-0.1, -0.05) is 24.3 Å². The van der Waals surface area contributed by atoms with E-state index in [0.717, 1.165) is 5.69 Å². The summed E-state index contributed by atoms with van der Waals surface area (Å²) in [6.07, 6.45) is 0. The molecule has 102 valence electrons. The van der Waals surface area contributed by atoms with Gasteiger partial charge < -0.3 is 5.32 Å². The Balaban J connectivity index is 1.90. The Morgan fingerprint density at radius 1 is 1.05 bits per heavy atom. The Kier molecular flexibility index (Phi) is 4.46. The number of non-ortho nitro benzene ring substituents is 1. The SMILES string of the molecule is O=[N+]([O-])c1cccc(NNC(=S)Nc2ccccc2)c1. The fourth-order valence-electron chi connectivity index (χ4n) is 1.51. The number of benzene rings is 2. The third-order valence-electron chi connectivity index (χ3n) is 2.41. The van der Waals surface area contributed by atoms with Crippen molar-refractivity contribution in [3.8, 4) is 0 Å². The molecule has 0 aromatic heterocycles. The van der Waals surface area contributed by atoms with Crippen LogP contribution in [0.25, 0.3) is 0 Å². The smallest absolute Gasteiger partial charge is 0.271 e. The summed E-state index contributed by atoms with van der Waals surface area (Å²) in [5.74, 6) is 0. The van der Waals surface area contributed by atoms with Gasteiger partial charge in [0.15, 0.2) is 5.11 Å². The summed E-state index contributed by atoms with van der Waals surface area (Å²) in [4.78, 5) is 10.2. The lowest BCUT2D eigenvalue weighted by Gasteiger charge is -2.12. The highest BCUT2D eigenvalue weighted by Gasteiger charge is 2.05. The fourth-order valence-corrected chi connectivity index (χ4v) is 1.68. The Bertz CT molecular complexity index is 619. The maximum atomic E-state index is 10.7. The molecule has 2 rings (SSSR count). The summed E-state index contributed by atoms with van der Waals surface area (Å²) < 4.78 is 0. The summed E-state index contributed by atoms with van der Waals surface area (Å²) in [6, 6.07) is 15.6. The summed E-state index contributed by atoms with van der Waals surface area (Å²) in [7, 11) is 0. The average molecular weight is 288 g/mol. The van der Waals surface area contributed by atoms with Gasteiger partial charge in [0.1, 0.15) is 0 Å². The van der Waals surface area contributed by atoms with Gasteiger partial charge in [-0.2, -0.15) is 0 Å². The summed E-state index contributed by atoms with van der Waals surface area (Å²) in [5.41, 5.74) is 6.98. The number of hydrogen-bond acceptors (Lipinski definition) is 4. The third-order valence-corrected chi connectivity index (χ3v) is 2.61. The fraction of sp³-hybridized carbons (Fsp3) is 0. The molecule has 7 heteroatoms. The lowest BCUT2D eigenvalue weighted by Crippen LogP contribution is -2.33. The lowest BCUT2D eigenvalue weighted by molar-refractivity contribution is -0.384. The first kappa shape index (κ1) is 13.8. The monoisotopic (exact) mass is 288 g/mol. The molecule has 20 heavy (non-hydrogen) atoms. The second-order valence-electron chi connectivity index (χ2n) is 3.88. The molecule has 0 unspecified atom stereocenters. The summed E-state index contributed by atoms with van der Waals surface area (Å²) in [6.45, 7) is 0. The van der Waals surface area contributed by atoms with Gasteiger partial charge in [0.05, 0.1) is 10.6 Å². The molecule has 2 aromatic carbocycles. The van der Waals surface area contributed by atoms with Crippen molar-refractivity contribution in [1.29, 1.82) is 0 Å². The molecule has 0 aliphatic heterocycles. The molecule has 0 atom stereocenters. The molecule has 0 saturated heterocycles. The first-order valence-corrected chi connectivity index (χ1v) is 6.18. The zero-order valence-electron chi connectivity index (χ0n) is 10.4. The number of hydrazine groups is 1. The van der Waals surface area contributed by atoms with E-state index in [2.05, 4.69) is 16.2 Å². The van der Waals surface area contributed by atoms with Gasteiger partial charge in [-0.25, -0.2) is 0 Å². The van der Waals surface area contributed by atoms with Crippen LogP contribution in [-0.2, 0) is 0 Å². The maximum Gasteiger partial charge on any atom is 0.271 e. The number of hydrogen-bond donors (Lipinski definition) is 3. The molecule has 3 N–H and O–H groups in total. The average Bonchev–Trinajstić information content (AvgIpc) is 2.46. The van der Waals surface area contributed by atoms with Gasteiger partial charge in [-0.15, -0.1) is 0 Å².